The lowest BCUT2D eigenvalue weighted by molar-refractivity contribution is 0.567. The summed E-state index contributed by atoms with van der Waals surface area (Å²) in [6.07, 6.45) is 7.25. The molecule has 0 saturated carbocycles. The maximum Gasteiger partial charge on any atom is 0.0902 e. The third-order valence-corrected chi connectivity index (χ3v) is 1.18. The molecular weight excluding hydrogens is 138 g/mol. The zero-order valence-electron chi connectivity index (χ0n) is 6.47. The SMILES string of the molecule is Cn1cccc1.c1ccoc1. The summed E-state index contributed by atoms with van der Waals surface area (Å²) in [5.74, 6) is 0. The van der Waals surface area contributed by atoms with Crippen LogP contribution in [0.3, 0.4) is 0 Å². The van der Waals surface area contributed by atoms with E-state index in [1.807, 2.05) is 48.3 Å². The Morgan fingerprint density at radius 2 is 1.45 bits per heavy atom. The fourth-order valence-electron chi connectivity index (χ4n) is 0.647. The number of aromatic nitrogens is 1. The Morgan fingerprint density at radius 3 is 1.64 bits per heavy atom. The molecule has 0 aliphatic carbocycles. The molecule has 0 unspecified atom stereocenters. The van der Waals surface area contributed by atoms with Gasteiger partial charge in [0, 0.05) is 19.4 Å². The monoisotopic (exact) mass is 149 g/mol. The maximum atomic E-state index is 4.58. The van der Waals surface area contributed by atoms with Gasteiger partial charge in [0.05, 0.1) is 12.5 Å². The third kappa shape index (κ3) is 3.30. The van der Waals surface area contributed by atoms with Crippen molar-refractivity contribution in [2.75, 3.05) is 0 Å². The van der Waals surface area contributed by atoms with Crippen LogP contribution in [0.1, 0.15) is 0 Å². The second kappa shape index (κ2) is 4.39. The van der Waals surface area contributed by atoms with Crippen molar-refractivity contribution < 1.29 is 4.42 Å². The van der Waals surface area contributed by atoms with Gasteiger partial charge in [0.15, 0.2) is 0 Å². The van der Waals surface area contributed by atoms with Gasteiger partial charge in [-0.1, -0.05) is 0 Å². The van der Waals surface area contributed by atoms with Crippen LogP contribution in [0, 0.1) is 0 Å². The number of hydrogen-bond donors (Lipinski definition) is 0. The molecule has 58 valence electrons. The fourth-order valence-corrected chi connectivity index (χ4v) is 0.647. The average molecular weight is 149 g/mol. The molecule has 2 nitrogen and oxygen atoms in total. The van der Waals surface area contributed by atoms with Crippen molar-refractivity contribution in [3.63, 3.8) is 0 Å². The summed E-state index contributed by atoms with van der Waals surface area (Å²) in [7, 11) is 2.00. The largest absolute Gasteiger partial charge is 0.473 e. The Labute approximate surface area is 66.1 Å². The van der Waals surface area contributed by atoms with E-state index in [4.69, 9.17) is 0 Å². The van der Waals surface area contributed by atoms with Crippen LogP contribution in [0.5, 0.6) is 0 Å². The lowest BCUT2D eigenvalue weighted by Gasteiger charge is -1.79. The summed E-state index contributed by atoms with van der Waals surface area (Å²) in [6, 6.07) is 7.67. The van der Waals surface area contributed by atoms with Crippen LogP contribution in [0.2, 0.25) is 0 Å². The predicted molar refractivity (Wildman–Crippen MR) is 44.1 cm³/mol. The molecule has 2 heteroatoms. The van der Waals surface area contributed by atoms with Gasteiger partial charge in [-0.25, -0.2) is 0 Å². The van der Waals surface area contributed by atoms with Gasteiger partial charge < -0.3 is 8.98 Å². The summed E-state index contributed by atoms with van der Waals surface area (Å²) in [6.45, 7) is 0. The van der Waals surface area contributed by atoms with Crippen molar-refractivity contribution in [2.24, 2.45) is 7.05 Å². The van der Waals surface area contributed by atoms with E-state index in [1.165, 1.54) is 0 Å². The van der Waals surface area contributed by atoms with Crippen molar-refractivity contribution in [2.45, 2.75) is 0 Å². The summed E-state index contributed by atoms with van der Waals surface area (Å²) >= 11 is 0. The van der Waals surface area contributed by atoms with E-state index in [2.05, 4.69) is 4.42 Å². The van der Waals surface area contributed by atoms with Crippen LogP contribution in [-0.2, 0) is 7.05 Å². The van der Waals surface area contributed by atoms with Crippen LogP contribution >= 0.6 is 0 Å². The molecule has 0 aliphatic heterocycles. The topological polar surface area (TPSA) is 18.1 Å². The molecule has 0 radical (unpaired) electrons. The van der Waals surface area contributed by atoms with Gasteiger partial charge in [-0.3, -0.25) is 0 Å². The molecule has 11 heavy (non-hydrogen) atoms. The van der Waals surface area contributed by atoms with Gasteiger partial charge in [-0.05, 0) is 24.3 Å². The zero-order chi connectivity index (χ0) is 7.94. The quantitative estimate of drug-likeness (QED) is 0.562. The van der Waals surface area contributed by atoms with Crippen molar-refractivity contribution in [1.82, 2.24) is 4.57 Å². The van der Waals surface area contributed by atoms with E-state index >= 15 is 0 Å². The first kappa shape index (κ1) is 7.66. The minimum atomic E-state index is 1.62. The number of nitrogens with zero attached hydrogens (tertiary/aromatic N) is 1. The molecule has 0 aromatic carbocycles. The molecule has 0 N–H and O–H groups in total. The van der Waals surface area contributed by atoms with E-state index in [9.17, 15) is 0 Å². The van der Waals surface area contributed by atoms with Gasteiger partial charge in [-0.15, -0.1) is 0 Å². The molecule has 2 rings (SSSR count). The van der Waals surface area contributed by atoms with E-state index in [1.54, 1.807) is 12.5 Å². The fraction of sp³-hybridized carbons (Fsp3) is 0.111. The van der Waals surface area contributed by atoms with Crippen LogP contribution < -0.4 is 0 Å². The first-order valence-electron chi connectivity index (χ1n) is 3.44. The third-order valence-electron chi connectivity index (χ3n) is 1.18. The zero-order valence-corrected chi connectivity index (χ0v) is 6.47. The highest BCUT2D eigenvalue weighted by Gasteiger charge is 1.68. The van der Waals surface area contributed by atoms with Gasteiger partial charge in [0.1, 0.15) is 0 Å². The highest BCUT2D eigenvalue weighted by molar-refractivity contribution is 4.88. The van der Waals surface area contributed by atoms with Crippen LogP contribution in [0.25, 0.3) is 0 Å². The Balaban J connectivity index is 0.000000112. The molecule has 0 aliphatic rings. The van der Waals surface area contributed by atoms with Gasteiger partial charge in [-0.2, -0.15) is 0 Å². The van der Waals surface area contributed by atoms with Crippen molar-refractivity contribution >= 4 is 0 Å². The maximum absolute atomic E-state index is 4.58. The van der Waals surface area contributed by atoms with E-state index in [0.717, 1.165) is 0 Å². The molecule has 0 amide bonds. The molecule has 0 spiro atoms. The molecular formula is C9H11NO. The lowest BCUT2D eigenvalue weighted by atomic mass is 10.7. The van der Waals surface area contributed by atoms with Crippen molar-refractivity contribution in [1.29, 1.82) is 0 Å². The highest BCUT2D eigenvalue weighted by Crippen LogP contribution is 1.80. The number of aryl methyl sites for hydroxylation is 1. The van der Waals surface area contributed by atoms with E-state index in [-0.39, 0.29) is 0 Å². The molecule has 0 atom stereocenters. The molecule has 2 aromatic rings. The Hall–Kier alpha value is -1.44. The Morgan fingerprint density at radius 1 is 0.909 bits per heavy atom. The normalized spacial score (nSPS) is 8.45. The molecule has 0 bridgehead atoms. The highest BCUT2D eigenvalue weighted by atomic mass is 16.3. The minimum Gasteiger partial charge on any atom is -0.473 e. The second-order valence-corrected chi connectivity index (χ2v) is 2.14. The lowest BCUT2D eigenvalue weighted by Crippen LogP contribution is -1.75. The van der Waals surface area contributed by atoms with Crippen molar-refractivity contribution in [3.8, 4) is 0 Å². The number of hydrogen-bond acceptors (Lipinski definition) is 1. The average Bonchev–Trinajstić information content (AvgIpc) is 2.57. The minimum absolute atomic E-state index is 1.62. The molecule has 2 heterocycles. The van der Waals surface area contributed by atoms with E-state index in [0.29, 0.717) is 0 Å². The molecule has 2 aromatic heterocycles. The summed E-state index contributed by atoms with van der Waals surface area (Å²) < 4.78 is 6.58. The smallest absolute Gasteiger partial charge is 0.0902 e. The summed E-state index contributed by atoms with van der Waals surface area (Å²) in [5, 5.41) is 0. The Bertz CT molecular complexity index is 228. The van der Waals surface area contributed by atoms with Crippen LogP contribution in [-0.4, -0.2) is 4.57 Å². The standard InChI is InChI=1S/C5H7N.C4H4O/c1-6-4-2-3-5-6;1-2-4-5-3-1/h2-5H,1H3;1-4H. The number of furan rings is 1. The van der Waals surface area contributed by atoms with Gasteiger partial charge >= 0.3 is 0 Å². The Kier molecular flexibility index (Phi) is 3.06. The number of rotatable bonds is 0. The summed E-state index contributed by atoms with van der Waals surface area (Å²) in [5.41, 5.74) is 0. The van der Waals surface area contributed by atoms with E-state index < -0.39 is 0 Å². The predicted octanol–water partition coefficient (Wildman–Crippen LogP) is 2.30. The van der Waals surface area contributed by atoms with Gasteiger partial charge in [0.25, 0.3) is 0 Å². The van der Waals surface area contributed by atoms with Crippen LogP contribution in [0.15, 0.2) is 53.6 Å². The molecule has 0 saturated heterocycles. The van der Waals surface area contributed by atoms with Crippen molar-refractivity contribution in [3.05, 3.63) is 49.2 Å². The molecule has 0 fully saturated rings. The second-order valence-electron chi connectivity index (χ2n) is 2.14. The first-order valence-corrected chi connectivity index (χ1v) is 3.44. The first-order chi connectivity index (χ1) is 5.39. The van der Waals surface area contributed by atoms with Gasteiger partial charge in [0.2, 0.25) is 0 Å². The summed E-state index contributed by atoms with van der Waals surface area (Å²) in [4.78, 5) is 0. The van der Waals surface area contributed by atoms with Crippen LogP contribution in [0.4, 0.5) is 0 Å².